The van der Waals surface area contributed by atoms with E-state index in [2.05, 4.69) is 0 Å². The third-order valence-electron chi connectivity index (χ3n) is 3.43. The number of amides is 3. The minimum atomic E-state index is -4.63. The second kappa shape index (κ2) is 5.38. The topological polar surface area (TPSA) is 40.6 Å². The van der Waals surface area contributed by atoms with E-state index in [0.717, 1.165) is 12.1 Å². The van der Waals surface area contributed by atoms with Crippen molar-refractivity contribution in [1.29, 1.82) is 0 Å². The van der Waals surface area contributed by atoms with Gasteiger partial charge in [0.2, 0.25) is 5.91 Å². The molecule has 3 amide bonds. The predicted octanol–water partition coefficient (Wildman–Crippen LogP) is 3.13. The first-order valence-electron chi connectivity index (χ1n) is 6.56. The normalized spacial score (nSPS) is 20.1. The van der Waals surface area contributed by atoms with Crippen LogP contribution in [0.2, 0.25) is 0 Å². The van der Waals surface area contributed by atoms with Crippen molar-refractivity contribution in [2.45, 2.75) is 20.0 Å². The Labute approximate surface area is 120 Å². The van der Waals surface area contributed by atoms with Gasteiger partial charge in [0.05, 0.1) is 17.2 Å². The molecule has 2 rings (SSSR count). The maximum atomic E-state index is 13.1. The second-order valence-corrected chi connectivity index (χ2v) is 4.91. The minimum Gasteiger partial charge on any atom is -0.323 e. The molecule has 21 heavy (non-hydrogen) atoms. The first-order valence-corrected chi connectivity index (χ1v) is 6.56. The molecule has 1 heterocycles. The predicted molar refractivity (Wildman–Crippen MR) is 70.7 cm³/mol. The molecule has 7 heteroatoms. The molecule has 0 radical (unpaired) electrons. The minimum absolute atomic E-state index is 0.221. The Hall–Kier alpha value is -2.05. The zero-order valence-corrected chi connectivity index (χ0v) is 11.6. The lowest BCUT2D eigenvalue weighted by Crippen LogP contribution is -2.56. The third-order valence-corrected chi connectivity index (χ3v) is 3.43. The summed E-state index contributed by atoms with van der Waals surface area (Å²) in [5.41, 5.74) is -1.40. The van der Waals surface area contributed by atoms with E-state index in [0.29, 0.717) is 11.4 Å². The molecule has 0 N–H and O–H groups in total. The van der Waals surface area contributed by atoms with Crippen molar-refractivity contribution in [3.8, 4) is 0 Å². The van der Waals surface area contributed by atoms with Crippen LogP contribution in [-0.2, 0) is 11.0 Å². The number of hydrogen-bond acceptors (Lipinski definition) is 2. The molecule has 1 aliphatic rings. The molecule has 0 saturated carbocycles. The molecule has 1 saturated heterocycles. The standard InChI is InChI=1S/C14H15F3N2O2/c1-3-18-8-9(2)12(20)19(13(18)21)11-7-5-4-6-10(11)14(15,16)17/h4-7,9H,3,8H2,1-2H3. The van der Waals surface area contributed by atoms with Crippen molar-refractivity contribution in [1.82, 2.24) is 4.90 Å². The lowest BCUT2D eigenvalue weighted by Gasteiger charge is -2.37. The number of imide groups is 1. The molecule has 1 unspecified atom stereocenters. The number of urea groups is 1. The van der Waals surface area contributed by atoms with E-state index >= 15 is 0 Å². The van der Waals surface area contributed by atoms with Gasteiger partial charge in [-0.05, 0) is 19.1 Å². The zero-order valence-electron chi connectivity index (χ0n) is 11.6. The molecular formula is C14H15F3N2O2. The summed E-state index contributed by atoms with van der Waals surface area (Å²) in [6.07, 6.45) is -4.63. The van der Waals surface area contributed by atoms with Gasteiger partial charge in [-0.2, -0.15) is 13.2 Å². The van der Waals surface area contributed by atoms with E-state index in [1.54, 1.807) is 13.8 Å². The lowest BCUT2D eigenvalue weighted by molar-refractivity contribution is -0.137. The number of carbonyl (C=O) groups is 2. The molecule has 0 aliphatic carbocycles. The van der Waals surface area contributed by atoms with Gasteiger partial charge in [0.15, 0.2) is 0 Å². The molecule has 4 nitrogen and oxygen atoms in total. The summed E-state index contributed by atoms with van der Waals surface area (Å²) in [7, 11) is 0. The number of hydrogen-bond donors (Lipinski definition) is 0. The lowest BCUT2D eigenvalue weighted by atomic mass is 10.0. The highest BCUT2D eigenvalue weighted by molar-refractivity contribution is 6.17. The number of carbonyl (C=O) groups excluding carboxylic acids is 2. The summed E-state index contributed by atoms with van der Waals surface area (Å²) in [5, 5.41) is 0. The Bertz CT molecular complexity index is 572. The fourth-order valence-corrected chi connectivity index (χ4v) is 2.34. The van der Waals surface area contributed by atoms with Gasteiger partial charge in [-0.25, -0.2) is 9.69 Å². The summed E-state index contributed by atoms with van der Waals surface area (Å²) in [4.78, 5) is 26.4. The number of nitrogens with zero attached hydrogens (tertiary/aromatic N) is 2. The quantitative estimate of drug-likeness (QED) is 0.842. The first kappa shape index (κ1) is 15.3. The molecule has 1 aromatic rings. The summed E-state index contributed by atoms with van der Waals surface area (Å²) >= 11 is 0. The molecular weight excluding hydrogens is 285 g/mol. The van der Waals surface area contributed by atoms with E-state index in [-0.39, 0.29) is 6.54 Å². The Morgan fingerprint density at radius 2 is 1.86 bits per heavy atom. The number of para-hydroxylation sites is 1. The largest absolute Gasteiger partial charge is 0.418 e. The van der Waals surface area contributed by atoms with Crippen LogP contribution in [0.1, 0.15) is 19.4 Å². The molecule has 0 spiro atoms. The smallest absolute Gasteiger partial charge is 0.323 e. The van der Waals surface area contributed by atoms with Crippen LogP contribution in [0.25, 0.3) is 0 Å². The van der Waals surface area contributed by atoms with Crippen molar-refractivity contribution >= 4 is 17.6 Å². The molecule has 1 aliphatic heterocycles. The van der Waals surface area contributed by atoms with E-state index < -0.39 is 35.3 Å². The fourth-order valence-electron chi connectivity index (χ4n) is 2.34. The Kier molecular flexibility index (Phi) is 3.93. The van der Waals surface area contributed by atoms with Crippen LogP contribution in [0.5, 0.6) is 0 Å². The van der Waals surface area contributed by atoms with Crippen molar-refractivity contribution in [3.05, 3.63) is 29.8 Å². The van der Waals surface area contributed by atoms with E-state index in [9.17, 15) is 22.8 Å². The SMILES string of the molecule is CCN1CC(C)C(=O)N(c2ccccc2C(F)(F)F)C1=O. The maximum Gasteiger partial charge on any atom is 0.418 e. The van der Waals surface area contributed by atoms with Crippen LogP contribution in [0.4, 0.5) is 23.7 Å². The average molecular weight is 300 g/mol. The summed E-state index contributed by atoms with van der Waals surface area (Å²) in [6.45, 7) is 3.87. The van der Waals surface area contributed by atoms with Gasteiger partial charge < -0.3 is 4.90 Å². The fraction of sp³-hybridized carbons (Fsp3) is 0.429. The second-order valence-electron chi connectivity index (χ2n) is 4.91. The van der Waals surface area contributed by atoms with Crippen LogP contribution >= 0.6 is 0 Å². The first-order chi connectivity index (χ1) is 9.77. The number of halogens is 3. The van der Waals surface area contributed by atoms with Crippen LogP contribution in [0.15, 0.2) is 24.3 Å². The molecule has 1 aromatic carbocycles. The van der Waals surface area contributed by atoms with Crippen molar-refractivity contribution in [3.63, 3.8) is 0 Å². The van der Waals surface area contributed by atoms with Crippen LogP contribution in [0.3, 0.4) is 0 Å². The average Bonchev–Trinajstić information content (AvgIpc) is 2.42. The van der Waals surface area contributed by atoms with Crippen molar-refractivity contribution < 1.29 is 22.8 Å². The molecule has 114 valence electrons. The highest BCUT2D eigenvalue weighted by Gasteiger charge is 2.42. The van der Waals surface area contributed by atoms with Gasteiger partial charge in [-0.15, -0.1) is 0 Å². The number of benzene rings is 1. The molecule has 0 bridgehead atoms. The monoisotopic (exact) mass is 300 g/mol. The van der Waals surface area contributed by atoms with Gasteiger partial charge >= 0.3 is 12.2 Å². The Balaban J connectivity index is 2.53. The number of anilines is 1. The highest BCUT2D eigenvalue weighted by Crippen LogP contribution is 2.38. The number of alkyl halides is 3. The van der Waals surface area contributed by atoms with Gasteiger partial charge in [-0.1, -0.05) is 19.1 Å². The van der Waals surface area contributed by atoms with Crippen molar-refractivity contribution in [2.24, 2.45) is 5.92 Å². The van der Waals surface area contributed by atoms with E-state index in [1.807, 2.05) is 0 Å². The van der Waals surface area contributed by atoms with Gasteiger partial charge in [-0.3, -0.25) is 4.79 Å². The molecule has 1 atom stereocenters. The Morgan fingerprint density at radius 3 is 2.43 bits per heavy atom. The molecule has 0 aromatic heterocycles. The highest BCUT2D eigenvalue weighted by atomic mass is 19.4. The zero-order chi connectivity index (χ0) is 15.8. The van der Waals surface area contributed by atoms with E-state index in [4.69, 9.17) is 0 Å². The van der Waals surface area contributed by atoms with E-state index in [1.165, 1.54) is 17.0 Å². The van der Waals surface area contributed by atoms with Crippen LogP contribution in [0, 0.1) is 5.92 Å². The summed E-state index contributed by atoms with van der Waals surface area (Å²) in [5.74, 6) is -1.15. The van der Waals surface area contributed by atoms with Gasteiger partial charge in [0.1, 0.15) is 0 Å². The number of rotatable bonds is 2. The van der Waals surface area contributed by atoms with Crippen LogP contribution < -0.4 is 4.90 Å². The molecule has 1 fully saturated rings. The van der Waals surface area contributed by atoms with Gasteiger partial charge in [0.25, 0.3) is 0 Å². The van der Waals surface area contributed by atoms with Crippen LogP contribution in [-0.4, -0.2) is 29.9 Å². The summed E-state index contributed by atoms with van der Waals surface area (Å²) in [6, 6.07) is 3.90. The van der Waals surface area contributed by atoms with Gasteiger partial charge in [0, 0.05) is 13.1 Å². The summed E-state index contributed by atoms with van der Waals surface area (Å²) < 4.78 is 39.2. The third kappa shape index (κ3) is 2.72. The van der Waals surface area contributed by atoms with Crippen molar-refractivity contribution in [2.75, 3.05) is 18.0 Å². The maximum absolute atomic E-state index is 13.1. The Morgan fingerprint density at radius 1 is 1.24 bits per heavy atom.